The quantitative estimate of drug-likeness (QED) is 0.304. The van der Waals surface area contributed by atoms with Crippen molar-refractivity contribution in [2.75, 3.05) is 13.4 Å². The van der Waals surface area contributed by atoms with Gasteiger partial charge >= 0.3 is 5.97 Å². The standard InChI is InChI=1S/C25H21NO8/c27-13-25(24(29)30,18-5-8-21-22(10-18)33-14-32-21)26-34-11-15-1-6-19(7-2-15)31-12-17-4-3-16-9-20(17)23(16)28/h1-10,26-27H,11-14H2,(H,29,30). The average molecular weight is 463 g/mol. The molecule has 0 amide bonds. The number of hydrogen-bond acceptors (Lipinski definition) is 8. The van der Waals surface area contributed by atoms with Crippen LogP contribution in [0.2, 0.25) is 0 Å². The van der Waals surface area contributed by atoms with Crippen LogP contribution >= 0.6 is 0 Å². The third kappa shape index (κ3) is 3.86. The minimum Gasteiger partial charge on any atom is -0.489 e. The summed E-state index contributed by atoms with van der Waals surface area (Å²) in [5.41, 5.74) is 3.89. The molecule has 6 rings (SSSR count). The molecule has 1 heterocycles. The zero-order valence-corrected chi connectivity index (χ0v) is 17.9. The van der Waals surface area contributed by atoms with Gasteiger partial charge in [0.05, 0.1) is 13.2 Å². The molecular weight excluding hydrogens is 442 g/mol. The molecule has 0 fully saturated rings. The highest BCUT2D eigenvalue weighted by atomic mass is 16.7. The summed E-state index contributed by atoms with van der Waals surface area (Å²) >= 11 is 0. The fourth-order valence-corrected chi connectivity index (χ4v) is 3.80. The third-order valence-electron chi connectivity index (χ3n) is 5.89. The number of carboxylic acid groups (broad SMARTS) is 1. The van der Waals surface area contributed by atoms with Crippen LogP contribution in [0.1, 0.15) is 32.6 Å². The second-order valence-corrected chi connectivity index (χ2v) is 7.96. The Kier molecular flexibility index (Phi) is 5.66. The van der Waals surface area contributed by atoms with E-state index in [1.54, 1.807) is 36.4 Å². The Labute approximate surface area is 194 Å². The minimum absolute atomic E-state index is 0.0416. The molecule has 1 atom stereocenters. The largest absolute Gasteiger partial charge is 0.489 e. The topological polar surface area (TPSA) is 124 Å². The zero-order chi connectivity index (χ0) is 23.7. The maximum Gasteiger partial charge on any atom is 0.333 e. The Balaban J connectivity index is 1.20. The highest BCUT2D eigenvalue weighted by molar-refractivity contribution is 6.17. The molecule has 3 aromatic carbocycles. The highest BCUT2D eigenvalue weighted by Crippen LogP contribution is 2.36. The number of aliphatic hydroxyl groups is 1. The molecule has 3 N–H and O–H groups in total. The number of carboxylic acids is 1. The predicted octanol–water partition coefficient (Wildman–Crippen LogP) is 2.53. The van der Waals surface area contributed by atoms with E-state index < -0.39 is 18.1 Å². The van der Waals surface area contributed by atoms with Crippen LogP contribution in [0.5, 0.6) is 17.2 Å². The Bertz CT molecular complexity index is 1250. The van der Waals surface area contributed by atoms with Crippen molar-refractivity contribution in [3.63, 3.8) is 0 Å². The van der Waals surface area contributed by atoms with Crippen molar-refractivity contribution in [2.45, 2.75) is 18.8 Å². The number of benzene rings is 3. The number of nitrogens with one attached hydrogen (secondary N) is 1. The maximum atomic E-state index is 12.1. The van der Waals surface area contributed by atoms with Crippen LogP contribution in [0, 0.1) is 0 Å². The highest BCUT2D eigenvalue weighted by Gasteiger charge is 2.41. The van der Waals surface area contributed by atoms with E-state index in [0.29, 0.717) is 22.8 Å². The van der Waals surface area contributed by atoms with Crippen molar-refractivity contribution in [1.29, 1.82) is 0 Å². The number of carbonyl (C=O) groups is 2. The lowest BCUT2D eigenvalue weighted by Gasteiger charge is -2.28. The van der Waals surface area contributed by atoms with E-state index in [0.717, 1.165) is 16.7 Å². The lowest BCUT2D eigenvalue weighted by Crippen LogP contribution is -2.52. The van der Waals surface area contributed by atoms with Crippen molar-refractivity contribution < 1.29 is 38.9 Å². The van der Waals surface area contributed by atoms with E-state index >= 15 is 0 Å². The van der Waals surface area contributed by atoms with Gasteiger partial charge in [-0.1, -0.05) is 30.3 Å². The molecule has 34 heavy (non-hydrogen) atoms. The summed E-state index contributed by atoms with van der Waals surface area (Å²) < 4.78 is 16.3. The van der Waals surface area contributed by atoms with Crippen molar-refractivity contribution in [3.8, 4) is 17.2 Å². The minimum atomic E-state index is -1.89. The predicted molar refractivity (Wildman–Crippen MR) is 118 cm³/mol. The monoisotopic (exact) mass is 463 g/mol. The van der Waals surface area contributed by atoms with Crippen molar-refractivity contribution in [1.82, 2.24) is 5.48 Å². The second-order valence-electron chi connectivity index (χ2n) is 7.96. The van der Waals surface area contributed by atoms with Crippen LogP contribution < -0.4 is 19.7 Å². The first-order valence-corrected chi connectivity index (χ1v) is 10.5. The molecule has 2 bridgehead atoms. The van der Waals surface area contributed by atoms with Crippen LogP contribution in [0.4, 0.5) is 0 Å². The Morgan fingerprint density at radius 3 is 2.50 bits per heavy atom. The molecule has 2 aliphatic carbocycles. The zero-order valence-electron chi connectivity index (χ0n) is 17.9. The molecule has 0 aromatic heterocycles. The molecule has 0 saturated carbocycles. The van der Waals surface area contributed by atoms with Crippen molar-refractivity contribution in [3.05, 3.63) is 88.5 Å². The van der Waals surface area contributed by atoms with E-state index in [1.807, 2.05) is 12.1 Å². The van der Waals surface area contributed by atoms with Crippen LogP contribution in [0.25, 0.3) is 0 Å². The summed E-state index contributed by atoms with van der Waals surface area (Å²) in [6.07, 6.45) is 0. The lowest BCUT2D eigenvalue weighted by molar-refractivity contribution is -0.158. The number of carbonyl (C=O) groups excluding carboxylic acids is 1. The fraction of sp³-hybridized carbons (Fsp3) is 0.200. The molecule has 0 spiro atoms. The number of ether oxygens (including phenoxy) is 3. The first kappa shape index (κ1) is 21.9. The molecule has 0 saturated heterocycles. The van der Waals surface area contributed by atoms with Gasteiger partial charge in [0.25, 0.3) is 0 Å². The summed E-state index contributed by atoms with van der Waals surface area (Å²) in [5.74, 6) is 0.266. The molecule has 1 aliphatic heterocycles. The SMILES string of the molecule is O=C1c2ccc(COc3ccc(CONC(CO)(C(=O)O)c4ccc5c(c4)OCO5)cc3)c1c2. The molecule has 3 aromatic rings. The summed E-state index contributed by atoms with van der Waals surface area (Å²) in [6, 6.07) is 17.2. The van der Waals surface area contributed by atoms with E-state index in [4.69, 9.17) is 19.0 Å². The number of fused-ring (bicyclic) bond motifs is 3. The molecular formula is C25H21NO8. The van der Waals surface area contributed by atoms with Gasteiger partial charge in [-0.15, -0.1) is 0 Å². The van der Waals surface area contributed by atoms with E-state index in [-0.39, 0.29) is 31.4 Å². The Morgan fingerprint density at radius 1 is 1.00 bits per heavy atom. The molecule has 9 heteroatoms. The number of aliphatic carboxylic acids is 1. The normalized spacial score (nSPS) is 14.9. The van der Waals surface area contributed by atoms with Gasteiger partial charge in [-0.05, 0) is 41.5 Å². The molecule has 1 unspecified atom stereocenters. The smallest absolute Gasteiger partial charge is 0.333 e. The first-order valence-electron chi connectivity index (χ1n) is 10.5. The van der Waals surface area contributed by atoms with Crippen LogP contribution in [0.15, 0.2) is 60.7 Å². The summed E-state index contributed by atoms with van der Waals surface area (Å²) in [7, 11) is 0. The summed E-state index contributed by atoms with van der Waals surface area (Å²) in [5, 5.41) is 19.8. The average Bonchev–Trinajstić information content (AvgIpc) is 3.34. The maximum absolute atomic E-state index is 12.1. The number of aliphatic hydroxyl groups excluding tert-OH is 1. The van der Waals surface area contributed by atoms with Gasteiger partial charge in [0.2, 0.25) is 6.79 Å². The van der Waals surface area contributed by atoms with Gasteiger partial charge in [0.15, 0.2) is 22.8 Å². The Hall–Kier alpha value is -3.92. The summed E-state index contributed by atoms with van der Waals surface area (Å²) in [4.78, 5) is 29.3. The Morgan fingerprint density at radius 2 is 1.79 bits per heavy atom. The number of hydroxylamine groups is 1. The number of rotatable bonds is 10. The van der Waals surface area contributed by atoms with Gasteiger partial charge in [0.1, 0.15) is 12.4 Å². The van der Waals surface area contributed by atoms with Gasteiger partial charge in [-0.3, -0.25) is 9.63 Å². The lowest BCUT2D eigenvalue weighted by atomic mass is 9.87. The third-order valence-corrected chi connectivity index (χ3v) is 5.89. The first-order chi connectivity index (χ1) is 16.5. The fourth-order valence-electron chi connectivity index (χ4n) is 3.80. The molecule has 0 radical (unpaired) electrons. The van der Waals surface area contributed by atoms with Crippen LogP contribution in [-0.4, -0.2) is 35.4 Å². The summed E-state index contributed by atoms with van der Waals surface area (Å²) in [6.45, 7) is -0.376. The number of hydrogen-bond donors (Lipinski definition) is 3. The molecule has 174 valence electrons. The van der Waals surface area contributed by atoms with E-state index in [1.165, 1.54) is 12.1 Å². The van der Waals surface area contributed by atoms with E-state index in [9.17, 15) is 19.8 Å². The second kappa shape index (κ2) is 8.79. The van der Waals surface area contributed by atoms with E-state index in [2.05, 4.69) is 5.48 Å². The van der Waals surface area contributed by atoms with Crippen LogP contribution in [0.3, 0.4) is 0 Å². The van der Waals surface area contributed by atoms with Gasteiger partial charge < -0.3 is 24.4 Å². The van der Waals surface area contributed by atoms with Crippen LogP contribution in [-0.2, 0) is 28.4 Å². The van der Waals surface area contributed by atoms with Crippen molar-refractivity contribution in [2.24, 2.45) is 0 Å². The van der Waals surface area contributed by atoms with Gasteiger partial charge in [-0.25, -0.2) is 4.79 Å². The molecule has 3 aliphatic rings. The number of ketones is 1. The van der Waals surface area contributed by atoms with Gasteiger partial charge in [0, 0.05) is 16.7 Å². The van der Waals surface area contributed by atoms with Crippen molar-refractivity contribution >= 4 is 11.8 Å². The van der Waals surface area contributed by atoms with Gasteiger partial charge in [-0.2, -0.15) is 5.48 Å². The molecule has 9 nitrogen and oxygen atoms in total.